The lowest BCUT2D eigenvalue weighted by Gasteiger charge is -2.08. The molecule has 0 aliphatic carbocycles. The van der Waals surface area contributed by atoms with Crippen LogP contribution in [-0.4, -0.2) is 47.9 Å². The van der Waals surface area contributed by atoms with Crippen LogP contribution in [0.25, 0.3) is 0 Å². The Morgan fingerprint density at radius 3 is 2.75 bits per heavy atom. The molecule has 144 valence electrons. The summed E-state index contributed by atoms with van der Waals surface area (Å²) in [7, 11) is 0. The highest BCUT2D eigenvalue weighted by atomic mass is 32.2. The van der Waals surface area contributed by atoms with Gasteiger partial charge in [-0.05, 0) is 30.6 Å². The number of benzene rings is 1. The lowest BCUT2D eigenvalue weighted by Crippen LogP contribution is -2.22. The van der Waals surface area contributed by atoms with Crippen molar-refractivity contribution >= 4 is 17.7 Å². The van der Waals surface area contributed by atoms with Crippen molar-refractivity contribution in [2.75, 3.05) is 12.0 Å². The molecule has 0 saturated heterocycles. The van der Waals surface area contributed by atoms with Gasteiger partial charge in [0, 0.05) is 5.56 Å². The smallest absolute Gasteiger partial charge is 0.251 e. The summed E-state index contributed by atoms with van der Waals surface area (Å²) in [6.07, 6.45) is 12.1. The maximum Gasteiger partial charge on any atom is 0.251 e. The summed E-state index contributed by atoms with van der Waals surface area (Å²) < 4.78 is 3.37. The zero-order valence-electron chi connectivity index (χ0n) is 15.5. The third-order valence-corrected chi connectivity index (χ3v) is 4.68. The van der Waals surface area contributed by atoms with E-state index in [1.54, 1.807) is 39.5 Å². The molecule has 0 fully saturated rings. The quantitative estimate of drug-likeness (QED) is 0.556. The number of rotatable bonds is 9. The average Bonchev–Trinajstić information content (AvgIpc) is 3.37. The molecule has 0 aliphatic heterocycles. The fraction of sp³-hybridized carbons (Fsp3) is 0.316. The van der Waals surface area contributed by atoms with Crippen LogP contribution in [0.15, 0.2) is 42.7 Å². The Labute approximate surface area is 167 Å². The highest BCUT2D eigenvalue weighted by Gasteiger charge is 2.12. The molecule has 1 unspecified atom stereocenters. The van der Waals surface area contributed by atoms with E-state index in [1.165, 1.54) is 0 Å². The van der Waals surface area contributed by atoms with Crippen LogP contribution in [0, 0.1) is 12.3 Å². The van der Waals surface area contributed by atoms with Crippen LogP contribution in [0.2, 0.25) is 0 Å². The normalized spacial score (nSPS) is 11.7. The monoisotopic (exact) mass is 395 g/mol. The van der Waals surface area contributed by atoms with E-state index in [9.17, 15) is 4.79 Å². The molecule has 2 heterocycles. The van der Waals surface area contributed by atoms with Gasteiger partial charge in [-0.2, -0.15) is 11.8 Å². The number of amides is 1. The maximum atomic E-state index is 12.1. The molecule has 1 amide bonds. The Morgan fingerprint density at radius 1 is 1.21 bits per heavy atom. The number of carbonyl (C=O) groups is 1. The van der Waals surface area contributed by atoms with Crippen molar-refractivity contribution in [2.24, 2.45) is 0 Å². The predicted octanol–water partition coefficient (Wildman–Crippen LogP) is 1.78. The van der Waals surface area contributed by atoms with Gasteiger partial charge in [-0.1, -0.05) is 34.5 Å². The van der Waals surface area contributed by atoms with Crippen molar-refractivity contribution in [3.05, 3.63) is 59.7 Å². The van der Waals surface area contributed by atoms with Gasteiger partial charge < -0.3 is 5.32 Å². The zero-order valence-corrected chi connectivity index (χ0v) is 16.3. The van der Waals surface area contributed by atoms with Gasteiger partial charge in [-0.25, -0.2) is 9.36 Å². The minimum atomic E-state index is -0.149. The summed E-state index contributed by atoms with van der Waals surface area (Å²) in [6.45, 7) is 0.730. The second-order valence-corrected chi connectivity index (χ2v) is 7.10. The van der Waals surface area contributed by atoms with Crippen molar-refractivity contribution in [2.45, 2.75) is 25.6 Å². The van der Waals surface area contributed by atoms with E-state index in [4.69, 9.17) is 6.42 Å². The Hall–Kier alpha value is -3.12. The molecule has 28 heavy (non-hydrogen) atoms. The van der Waals surface area contributed by atoms with E-state index >= 15 is 0 Å². The first-order valence-corrected chi connectivity index (χ1v) is 10.2. The Morgan fingerprint density at radius 2 is 2.00 bits per heavy atom. The van der Waals surface area contributed by atoms with Crippen molar-refractivity contribution < 1.29 is 4.79 Å². The van der Waals surface area contributed by atoms with Crippen LogP contribution < -0.4 is 5.32 Å². The number of nitrogens with one attached hydrogen (secondary N) is 1. The first-order chi connectivity index (χ1) is 13.7. The van der Waals surface area contributed by atoms with Gasteiger partial charge in [0.1, 0.15) is 17.4 Å². The van der Waals surface area contributed by atoms with E-state index in [0.29, 0.717) is 24.3 Å². The summed E-state index contributed by atoms with van der Waals surface area (Å²) in [5, 5.41) is 19.3. The molecule has 0 bridgehead atoms. The molecule has 0 saturated carbocycles. The van der Waals surface area contributed by atoms with Crippen LogP contribution in [0.1, 0.15) is 34.2 Å². The molecule has 0 aliphatic rings. The molecule has 2 aromatic heterocycles. The van der Waals surface area contributed by atoms with Crippen molar-refractivity contribution in [1.82, 2.24) is 35.3 Å². The Bertz CT molecular complexity index is 945. The van der Waals surface area contributed by atoms with Crippen LogP contribution in [0.3, 0.4) is 0 Å². The van der Waals surface area contributed by atoms with Crippen molar-refractivity contribution in [1.29, 1.82) is 0 Å². The maximum absolute atomic E-state index is 12.1. The van der Waals surface area contributed by atoms with E-state index in [-0.39, 0.29) is 11.9 Å². The Balaban J connectivity index is 1.55. The Kier molecular flexibility index (Phi) is 6.81. The lowest BCUT2D eigenvalue weighted by molar-refractivity contribution is 0.0950. The summed E-state index contributed by atoms with van der Waals surface area (Å²) in [6, 6.07) is 8.94. The number of aromatic nitrogens is 6. The van der Waals surface area contributed by atoms with E-state index in [1.807, 2.05) is 30.7 Å². The second kappa shape index (κ2) is 9.71. The molecule has 0 spiro atoms. The largest absolute Gasteiger partial charge is 0.346 e. The van der Waals surface area contributed by atoms with Gasteiger partial charge in [0.05, 0.1) is 25.5 Å². The third-order valence-electron chi connectivity index (χ3n) is 4.04. The number of carbonyl (C=O) groups excluding carboxylic acids is 1. The fourth-order valence-electron chi connectivity index (χ4n) is 2.58. The fourth-order valence-corrected chi connectivity index (χ4v) is 3.04. The molecule has 1 atom stereocenters. The molecular weight excluding hydrogens is 374 g/mol. The second-order valence-electron chi connectivity index (χ2n) is 6.11. The van der Waals surface area contributed by atoms with Crippen LogP contribution in [-0.2, 0) is 13.1 Å². The molecule has 0 radical (unpaired) electrons. The summed E-state index contributed by atoms with van der Waals surface area (Å²) in [4.78, 5) is 12.1. The van der Waals surface area contributed by atoms with Crippen molar-refractivity contribution in [3.8, 4) is 12.3 Å². The first-order valence-electron chi connectivity index (χ1n) is 8.77. The SMILES string of the molecule is C#CC(CCSC)n1cc(Cn2cc(CNC(=O)c3ccccc3)nn2)nn1. The van der Waals surface area contributed by atoms with E-state index < -0.39 is 0 Å². The lowest BCUT2D eigenvalue weighted by atomic mass is 10.2. The number of hydrogen-bond acceptors (Lipinski definition) is 6. The average molecular weight is 395 g/mol. The van der Waals surface area contributed by atoms with Crippen molar-refractivity contribution in [3.63, 3.8) is 0 Å². The highest BCUT2D eigenvalue weighted by Crippen LogP contribution is 2.13. The van der Waals surface area contributed by atoms with Gasteiger partial charge in [0.25, 0.3) is 5.91 Å². The van der Waals surface area contributed by atoms with Gasteiger partial charge >= 0.3 is 0 Å². The van der Waals surface area contributed by atoms with Crippen LogP contribution in [0.4, 0.5) is 0 Å². The zero-order chi connectivity index (χ0) is 19.8. The van der Waals surface area contributed by atoms with Gasteiger partial charge in [0.2, 0.25) is 0 Å². The highest BCUT2D eigenvalue weighted by molar-refractivity contribution is 7.98. The molecule has 3 rings (SSSR count). The summed E-state index contributed by atoms with van der Waals surface area (Å²) in [5.41, 5.74) is 2.02. The molecule has 1 aromatic carbocycles. The standard InChI is InChI=1S/C19H21N7OS/c1-3-18(9-10-28-2)26-14-17(22-24-26)13-25-12-16(21-23-25)11-20-19(27)15-7-5-4-6-8-15/h1,4-8,12,14,18H,9-11,13H2,2H3,(H,20,27). The number of nitrogens with zero attached hydrogens (tertiary/aromatic N) is 6. The van der Waals surface area contributed by atoms with Gasteiger partial charge in [0.15, 0.2) is 0 Å². The summed E-state index contributed by atoms with van der Waals surface area (Å²) >= 11 is 1.75. The summed E-state index contributed by atoms with van der Waals surface area (Å²) in [5.74, 6) is 3.56. The number of hydrogen-bond donors (Lipinski definition) is 1. The van der Waals surface area contributed by atoms with Gasteiger partial charge in [-0.3, -0.25) is 4.79 Å². The molecule has 3 aromatic rings. The first kappa shape index (κ1) is 19.6. The molecule has 8 nitrogen and oxygen atoms in total. The minimum Gasteiger partial charge on any atom is -0.346 e. The molecule has 1 N–H and O–H groups in total. The van der Waals surface area contributed by atoms with Crippen LogP contribution in [0.5, 0.6) is 0 Å². The molecule has 9 heteroatoms. The minimum absolute atomic E-state index is 0.104. The number of thioether (sulfide) groups is 1. The number of terminal acetylenes is 1. The van der Waals surface area contributed by atoms with E-state index in [2.05, 4.69) is 31.9 Å². The predicted molar refractivity (Wildman–Crippen MR) is 108 cm³/mol. The van der Waals surface area contributed by atoms with Crippen LogP contribution >= 0.6 is 11.8 Å². The molecular formula is C19H21N7OS. The topological polar surface area (TPSA) is 90.5 Å². The third kappa shape index (κ3) is 5.20. The van der Waals surface area contributed by atoms with Gasteiger partial charge in [-0.15, -0.1) is 16.6 Å². The van der Waals surface area contributed by atoms with E-state index in [0.717, 1.165) is 17.9 Å².